The zero-order valence-electron chi connectivity index (χ0n) is 17.1. The monoisotopic (exact) mass is 394 g/mol. The number of aryl methyl sites for hydroxylation is 2. The Labute approximate surface area is 175 Å². The number of imidazole rings is 1. The molecule has 4 aromatic rings. The number of nitriles is 1. The summed E-state index contributed by atoms with van der Waals surface area (Å²) in [5.74, 6) is 0.932. The Hall–Kier alpha value is -3.72. The molecule has 1 aromatic carbocycles. The van der Waals surface area contributed by atoms with Gasteiger partial charge in [-0.3, -0.25) is 0 Å². The number of pyridine rings is 1. The third-order valence-electron chi connectivity index (χ3n) is 5.82. The maximum Gasteiger partial charge on any atom is 0.154 e. The van der Waals surface area contributed by atoms with Gasteiger partial charge in [-0.05, 0) is 62.1 Å². The summed E-state index contributed by atoms with van der Waals surface area (Å²) in [7, 11) is 0. The van der Waals surface area contributed by atoms with E-state index in [0.717, 1.165) is 36.5 Å². The van der Waals surface area contributed by atoms with Crippen molar-refractivity contribution < 1.29 is 0 Å². The van der Waals surface area contributed by atoms with Crippen molar-refractivity contribution >= 4 is 11.5 Å². The topological polar surface area (TPSA) is 70.1 Å². The number of rotatable bonds is 3. The molecule has 0 radical (unpaired) electrons. The van der Waals surface area contributed by atoms with Crippen LogP contribution < -0.4 is 4.90 Å². The third kappa shape index (κ3) is 3.09. The van der Waals surface area contributed by atoms with E-state index < -0.39 is 0 Å². The van der Waals surface area contributed by atoms with Crippen LogP contribution in [-0.2, 0) is 0 Å². The van der Waals surface area contributed by atoms with E-state index >= 15 is 0 Å². The van der Waals surface area contributed by atoms with Crippen LogP contribution in [0.25, 0.3) is 17.0 Å². The second-order valence-corrected chi connectivity index (χ2v) is 7.84. The summed E-state index contributed by atoms with van der Waals surface area (Å²) in [6, 6.07) is 18.6. The molecule has 30 heavy (non-hydrogen) atoms. The number of anilines is 1. The van der Waals surface area contributed by atoms with Gasteiger partial charge >= 0.3 is 0 Å². The van der Waals surface area contributed by atoms with Gasteiger partial charge in [0.15, 0.2) is 5.65 Å². The highest BCUT2D eigenvalue weighted by molar-refractivity contribution is 5.61. The van der Waals surface area contributed by atoms with E-state index in [-0.39, 0.29) is 0 Å². The molecular formula is C24H22N6. The van der Waals surface area contributed by atoms with Crippen molar-refractivity contribution in [1.82, 2.24) is 19.6 Å². The highest BCUT2D eigenvalue weighted by Gasteiger charge is 2.28. The van der Waals surface area contributed by atoms with Crippen LogP contribution >= 0.6 is 0 Å². The summed E-state index contributed by atoms with van der Waals surface area (Å²) >= 11 is 0. The molecule has 4 heterocycles. The third-order valence-corrected chi connectivity index (χ3v) is 5.82. The maximum atomic E-state index is 9.18. The Balaban J connectivity index is 1.58. The lowest BCUT2D eigenvalue weighted by atomic mass is 9.97. The van der Waals surface area contributed by atoms with Crippen molar-refractivity contribution in [3.8, 4) is 17.5 Å². The van der Waals surface area contributed by atoms with E-state index in [2.05, 4.69) is 59.1 Å². The van der Waals surface area contributed by atoms with E-state index in [1.54, 1.807) is 12.3 Å². The predicted octanol–water partition coefficient (Wildman–Crippen LogP) is 4.62. The molecule has 148 valence electrons. The second kappa shape index (κ2) is 7.27. The first-order chi connectivity index (χ1) is 14.6. The van der Waals surface area contributed by atoms with Gasteiger partial charge in [0.1, 0.15) is 23.3 Å². The number of fused-ring (bicyclic) bond motifs is 1. The number of aromatic nitrogens is 4. The smallest absolute Gasteiger partial charge is 0.154 e. The van der Waals surface area contributed by atoms with Crippen LogP contribution in [0.1, 0.15) is 41.3 Å². The summed E-state index contributed by atoms with van der Waals surface area (Å²) in [5, 5.41) is 14.1. The number of hydrogen-bond acceptors (Lipinski definition) is 5. The maximum absolute atomic E-state index is 9.18. The van der Waals surface area contributed by atoms with Crippen molar-refractivity contribution in [3.05, 3.63) is 77.1 Å². The molecule has 1 fully saturated rings. The second-order valence-electron chi connectivity index (χ2n) is 7.84. The zero-order valence-corrected chi connectivity index (χ0v) is 17.1. The van der Waals surface area contributed by atoms with Gasteiger partial charge < -0.3 is 4.90 Å². The van der Waals surface area contributed by atoms with Gasteiger partial charge in [0.25, 0.3) is 0 Å². The molecule has 1 saturated heterocycles. The standard InChI is InChI=1S/C24H22N6/c1-16-8-9-17(2)19(13-16)21-7-4-12-29(21)24-11-10-23-26-15-22(30(23)28-24)20-6-3-5-18(14-25)27-20/h3,5-6,8-11,13,15,21H,4,7,12H2,1-2H3. The molecule has 1 aliphatic rings. The van der Waals surface area contributed by atoms with Crippen LogP contribution in [0.4, 0.5) is 5.82 Å². The molecule has 1 aliphatic heterocycles. The number of hydrogen-bond donors (Lipinski definition) is 0. The van der Waals surface area contributed by atoms with E-state index in [1.165, 1.54) is 16.7 Å². The SMILES string of the molecule is Cc1ccc(C)c(C2CCCN2c2ccc3ncc(-c4cccc(C#N)n4)n3n2)c1. The summed E-state index contributed by atoms with van der Waals surface area (Å²) in [6.07, 6.45) is 4.02. The van der Waals surface area contributed by atoms with Crippen LogP contribution in [0.15, 0.2) is 54.7 Å². The molecule has 6 heteroatoms. The minimum absolute atomic E-state index is 0.321. The van der Waals surface area contributed by atoms with E-state index in [1.807, 2.05) is 22.7 Å². The molecule has 1 atom stereocenters. The zero-order chi connectivity index (χ0) is 20.7. The van der Waals surface area contributed by atoms with E-state index in [9.17, 15) is 5.26 Å². The van der Waals surface area contributed by atoms with Crippen LogP contribution in [0.2, 0.25) is 0 Å². The molecule has 0 N–H and O–H groups in total. The Morgan fingerprint density at radius 3 is 2.87 bits per heavy atom. The van der Waals surface area contributed by atoms with E-state index in [0.29, 0.717) is 17.4 Å². The van der Waals surface area contributed by atoms with Gasteiger partial charge in [-0.25, -0.2) is 14.5 Å². The highest BCUT2D eigenvalue weighted by Crippen LogP contribution is 2.37. The quantitative estimate of drug-likeness (QED) is 0.507. The van der Waals surface area contributed by atoms with Gasteiger partial charge in [-0.1, -0.05) is 29.8 Å². The number of nitrogens with zero attached hydrogens (tertiary/aromatic N) is 6. The van der Waals surface area contributed by atoms with Crippen molar-refractivity contribution in [3.63, 3.8) is 0 Å². The van der Waals surface area contributed by atoms with Gasteiger partial charge in [-0.2, -0.15) is 5.26 Å². The summed E-state index contributed by atoms with van der Waals surface area (Å²) in [4.78, 5) is 11.3. The van der Waals surface area contributed by atoms with Crippen LogP contribution in [0.3, 0.4) is 0 Å². The fourth-order valence-electron chi connectivity index (χ4n) is 4.31. The molecule has 6 nitrogen and oxygen atoms in total. The Morgan fingerprint density at radius 1 is 1.10 bits per heavy atom. The molecule has 0 aliphatic carbocycles. The molecule has 3 aromatic heterocycles. The minimum atomic E-state index is 0.321. The first-order valence-electron chi connectivity index (χ1n) is 10.2. The minimum Gasteiger partial charge on any atom is -0.348 e. The van der Waals surface area contributed by atoms with Crippen LogP contribution in [-0.4, -0.2) is 26.1 Å². The van der Waals surface area contributed by atoms with Crippen LogP contribution in [0, 0.1) is 25.2 Å². The molecule has 0 spiro atoms. The average molecular weight is 394 g/mol. The fraction of sp³-hybridized carbons (Fsp3) is 0.250. The lowest BCUT2D eigenvalue weighted by Crippen LogP contribution is -2.25. The molecule has 0 saturated carbocycles. The largest absolute Gasteiger partial charge is 0.348 e. The molecular weight excluding hydrogens is 372 g/mol. The fourth-order valence-corrected chi connectivity index (χ4v) is 4.31. The molecule has 0 bridgehead atoms. The van der Waals surface area contributed by atoms with Gasteiger partial charge in [0.2, 0.25) is 0 Å². The molecule has 1 unspecified atom stereocenters. The van der Waals surface area contributed by atoms with Crippen molar-refractivity contribution in [2.45, 2.75) is 32.7 Å². The first kappa shape index (κ1) is 18.3. The summed E-state index contributed by atoms with van der Waals surface area (Å²) in [5.41, 5.74) is 6.60. The lowest BCUT2D eigenvalue weighted by molar-refractivity contribution is 0.697. The Bertz CT molecular complexity index is 1280. The van der Waals surface area contributed by atoms with Crippen molar-refractivity contribution in [1.29, 1.82) is 5.26 Å². The summed E-state index contributed by atoms with van der Waals surface area (Å²) < 4.78 is 1.83. The Kier molecular flexibility index (Phi) is 4.44. The van der Waals surface area contributed by atoms with Crippen LogP contribution in [0.5, 0.6) is 0 Å². The van der Waals surface area contributed by atoms with Crippen molar-refractivity contribution in [2.24, 2.45) is 0 Å². The normalized spacial score (nSPS) is 16.2. The highest BCUT2D eigenvalue weighted by atomic mass is 15.3. The predicted molar refractivity (Wildman–Crippen MR) is 116 cm³/mol. The summed E-state index contributed by atoms with van der Waals surface area (Å²) in [6.45, 7) is 5.30. The van der Waals surface area contributed by atoms with Gasteiger partial charge in [0, 0.05) is 6.54 Å². The lowest BCUT2D eigenvalue weighted by Gasteiger charge is -2.27. The Morgan fingerprint density at radius 2 is 2.00 bits per heavy atom. The first-order valence-corrected chi connectivity index (χ1v) is 10.2. The average Bonchev–Trinajstić information content (AvgIpc) is 3.42. The molecule has 0 amide bonds. The van der Waals surface area contributed by atoms with Gasteiger partial charge in [0.05, 0.1) is 17.9 Å². The van der Waals surface area contributed by atoms with Gasteiger partial charge in [-0.15, -0.1) is 5.10 Å². The van der Waals surface area contributed by atoms with E-state index in [4.69, 9.17) is 5.10 Å². The van der Waals surface area contributed by atoms with Crippen molar-refractivity contribution in [2.75, 3.05) is 11.4 Å². The number of benzene rings is 1. The molecule has 5 rings (SSSR count).